The molecule has 6 heteroatoms. The molecule has 1 aliphatic heterocycles. The van der Waals surface area contributed by atoms with Crippen LogP contribution in [0.5, 0.6) is 0 Å². The van der Waals surface area contributed by atoms with Crippen LogP contribution in [0.1, 0.15) is 30.4 Å². The van der Waals surface area contributed by atoms with Crippen LogP contribution in [0, 0.1) is 5.92 Å². The molecule has 4 nitrogen and oxygen atoms in total. The fraction of sp³-hybridized carbons (Fsp3) is 0.588. The Labute approximate surface area is 151 Å². The predicted molar refractivity (Wildman–Crippen MR) is 98.2 cm³/mol. The number of carbonyl (C=O) groups excluding carboxylic acids is 1. The molecule has 0 aromatic heterocycles. The molecule has 0 spiro atoms. The molecule has 23 heavy (non-hydrogen) atoms. The van der Waals surface area contributed by atoms with Gasteiger partial charge in [-0.05, 0) is 36.8 Å². The average molecular weight is 360 g/mol. The van der Waals surface area contributed by atoms with Crippen LogP contribution >= 0.6 is 24.8 Å². The molecule has 2 unspecified atom stereocenters. The van der Waals surface area contributed by atoms with Crippen molar-refractivity contribution in [3.05, 3.63) is 35.4 Å². The van der Waals surface area contributed by atoms with Crippen LogP contribution < -0.4 is 11.1 Å². The zero-order valence-corrected chi connectivity index (χ0v) is 15.0. The maximum atomic E-state index is 12.0. The summed E-state index contributed by atoms with van der Waals surface area (Å²) in [5.41, 5.74) is 8.76. The molecule has 1 aliphatic carbocycles. The fourth-order valence-electron chi connectivity index (χ4n) is 3.48. The predicted octanol–water partition coefficient (Wildman–Crippen LogP) is 2.13. The van der Waals surface area contributed by atoms with Crippen LogP contribution in [0.3, 0.4) is 0 Å². The minimum absolute atomic E-state index is 0. The summed E-state index contributed by atoms with van der Waals surface area (Å²) in [6.45, 7) is 3.76. The molecule has 1 saturated carbocycles. The Hall–Kier alpha value is -0.810. The third kappa shape index (κ3) is 5.35. The van der Waals surface area contributed by atoms with Gasteiger partial charge in [-0.3, -0.25) is 9.69 Å². The summed E-state index contributed by atoms with van der Waals surface area (Å²) < 4.78 is 0. The molecule has 1 fully saturated rings. The van der Waals surface area contributed by atoms with E-state index in [1.807, 2.05) is 0 Å². The smallest absolute Gasteiger partial charge is 0.223 e. The monoisotopic (exact) mass is 359 g/mol. The topological polar surface area (TPSA) is 58.4 Å². The summed E-state index contributed by atoms with van der Waals surface area (Å²) >= 11 is 0. The highest BCUT2D eigenvalue weighted by Crippen LogP contribution is 2.24. The van der Waals surface area contributed by atoms with Gasteiger partial charge >= 0.3 is 0 Å². The number of benzene rings is 1. The second-order valence-electron chi connectivity index (χ2n) is 6.36. The van der Waals surface area contributed by atoms with Gasteiger partial charge in [0.2, 0.25) is 5.91 Å². The summed E-state index contributed by atoms with van der Waals surface area (Å²) in [6.07, 6.45) is 3.90. The summed E-state index contributed by atoms with van der Waals surface area (Å²) in [4.78, 5) is 14.5. The average Bonchev–Trinajstić information content (AvgIpc) is 2.94. The minimum atomic E-state index is 0. The first-order chi connectivity index (χ1) is 10.2. The van der Waals surface area contributed by atoms with Crippen molar-refractivity contribution in [1.29, 1.82) is 0 Å². The van der Waals surface area contributed by atoms with Crippen LogP contribution in [0.2, 0.25) is 0 Å². The van der Waals surface area contributed by atoms with Crippen molar-refractivity contribution < 1.29 is 4.79 Å². The van der Waals surface area contributed by atoms with Crippen molar-refractivity contribution >= 4 is 30.7 Å². The van der Waals surface area contributed by atoms with E-state index in [0.717, 1.165) is 51.9 Å². The molecule has 2 aliphatic rings. The zero-order valence-electron chi connectivity index (χ0n) is 13.4. The lowest BCUT2D eigenvalue weighted by molar-refractivity contribution is -0.124. The minimum Gasteiger partial charge on any atom is -0.355 e. The Balaban J connectivity index is 0.00000132. The lowest BCUT2D eigenvalue weighted by Crippen LogP contribution is -2.39. The molecular weight excluding hydrogens is 333 g/mol. The van der Waals surface area contributed by atoms with Gasteiger partial charge in [0.1, 0.15) is 0 Å². The number of nitrogens with zero attached hydrogens (tertiary/aromatic N) is 1. The van der Waals surface area contributed by atoms with Gasteiger partial charge in [-0.15, -0.1) is 24.8 Å². The first-order valence-corrected chi connectivity index (χ1v) is 8.05. The highest BCUT2D eigenvalue weighted by Gasteiger charge is 2.27. The van der Waals surface area contributed by atoms with E-state index in [1.54, 1.807) is 0 Å². The van der Waals surface area contributed by atoms with Crippen molar-refractivity contribution in [2.75, 3.05) is 19.6 Å². The molecule has 2 atom stereocenters. The standard InChI is InChI=1S/C17H25N3O.2ClH/c18-16-6-5-14(11-16)17(21)19-8-10-20-9-7-13-3-1-2-4-15(13)12-20;;/h1-4,14,16H,5-12,18H2,(H,19,21);2*1H. The first-order valence-electron chi connectivity index (χ1n) is 8.05. The summed E-state index contributed by atoms with van der Waals surface area (Å²) in [5.74, 6) is 0.336. The number of rotatable bonds is 4. The van der Waals surface area contributed by atoms with E-state index < -0.39 is 0 Å². The van der Waals surface area contributed by atoms with Crippen LogP contribution in [0.4, 0.5) is 0 Å². The quantitative estimate of drug-likeness (QED) is 0.865. The van der Waals surface area contributed by atoms with Gasteiger partial charge in [0.25, 0.3) is 0 Å². The Morgan fingerprint density at radius 2 is 1.96 bits per heavy atom. The first kappa shape index (κ1) is 20.2. The molecule has 1 aromatic rings. The molecule has 3 rings (SSSR count). The van der Waals surface area contributed by atoms with Gasteiger partial charge in [-0.2, -0.15) is 0 Å². The van der Waals surface area contributed by atoms with E-state index in [9.17, 15) is 4.79 Å². The third-order valence-electron chi connectivity index (χ3n) is 4.78. The molecule has 0 saturated heterocycles. The van der Waals surface area contributed by atoms with Crippen LogP contribution in [0.25, 0.3) is 0 Å². The molecule has 1 amide bonds. The lowest BCUT2D eigenvalue weighted by atomic mass is 10.00. The van der Waals surface area contributed by atoms with Crippen LogP contribution in [0.15, 0.2) is 24.3 Å². The second-order valence-corrected chi connectivity index (χ2v) is 6.36. The Morgan fingerprint density at radius 1 is 1.22 bits per heavy atom. The Kier molecular flexibility index (Phi) is 8.34. The number of halogens is 2. The van der Waals surface area contributed by atoms with Crippen molar-refractivity contribution in [2.24, 2.45) is 11.7 Å². The van der Waals surface area contributed by atoms with Crippen LogP contribution in [-0.2, 0) is 17.8 Å². The second kappa shape index (κ2) is 9.48. The molecule has 3 N–H and O–H groups in total. The van der Waals surface area contributed by atoms with Crippen LogP contribution in [-0.4, -0.2) is 36.5 Å². The number of amides is 1. The van der Waals surface area contributed by atoms with E-state index in [1.165, 1.54) is 11.1 Å². The fourth-order valence-corrected chi connectivity index (χ4v) is 3.48. The van der Waals surface area contributed by atoms with E-state index in [-0.39, 0.29) is 42.7 Å². The zero-order chi connectivity index (χ0) is 14.7. The SMILES string of the molecule is Cl.Cl.NC1CCC(C(=O)NCCN2CCc3ccccc3C2)C1. The van der Waals surface area contributed by atoms with Gasteiger partial charge in [-0.1, -0.05) is 24.3 Å². The summed E-state index contributed by atoms with van der Waals surface area (Å²) in [5, 5.41) is 3.08. The van der Waals surface area contributed by atoms with Gasteiger partial charge in [0, 0.05) is 38.1 Å². The maximum absolute atomic E-state index is 12.0. The summed E-state index contributed by atoms with van der Waals surface area (Å²) in [7, 11) is 0. The van der Waals surface area contributed by atoms with Gasteiger partial charge < -0.3 is 11.1 Å². The normalized spacial score (nSPS) is 23.3. The maximum Gasteiger partial charge on any atom is 0.223 e. The van der Waals surface area contributed by atoms with Crippen molar-refractivity contribution in [2.45, 2.75) is 38.3 Å². The number of carbonyl (C=O) groups is 1. The molecule has 1 heterocycles. The number of hydrogen-bond acceptors (Lipinski definition) is 3. The number of nitrogens with one attached hydrogen (secondary N) is 1. The van der Waals surface area contributed by atoms with Gasteiger partial charge in [0.15, 0.2) is 0 Å². The van der Waals surface area contributed by atoms with E-state index in [0.29, 0.717) is 0 Å². The van der Waals surface area contributed by atoms with E-state index >= 15 is 0 Å². The van der Waals surface area contributed by atoms with Crippen molar-refractivity contribution in [3.63, 3.8) is 0 Å². The molecule has 1 aromatic carbocycles. The number of nitrogens with two attached hydrogens (primary N) is 1. The van der Waals surface area contributed by atoms with E-state index in [2.05, 4.69) is 34.5 Å². The molecule has 0 bridgehead atoms. The van der Waals surface area contributed by atoms with Crippen molar-refractivity contribution in [3.8, 4) is 0 Å². The van der Waals surface area contributed by atoms with E-state index in [4.69, 9.17) is 5.73 Å². The Bertz CT molecular complexity index is 512. The summed E-state index contributed by atoms with van der Waals surface area (Å²) in [6, 6.07) is 8.87. The number of hydrogen-bond donors (Lipinski definition) is 2. The lowest BCUT2D eigenvalue weighted by Gasteiger charge is -2.28. The van der Waals surface area contributed by atoms with Gasteiger partial charge in [-0.25, -0.2) is 0 Å². The van der Waals surface area contributed by atoms with Gasteiger partial charge in [0.05, 0.1) is 0 Å². The molecular formula is C17H27Cl2N3O. The third-order valence-corrected chi connectivity index (χ3v) is 4.78. The molecule has 130 valence electrons. The highest BCUT2D eigenvalue weighted by molar-refractivity contribution is 5.85. The Morgan fingerprint density at radius 3 is 2.65 bits per heavy atom. The highest BCUT2D eigenvalue weighted by atomic mass is 35.5. The van der Waals surface area contributed by atoms with Crippen molar-refractivity contribution in [1.82, 2.24) is 10.2 Å². The molecule has 0 radical (unpaired) electrons. The number of fused-ring (bicyclic) bond motifs is 1. The largest absolute Gasteiger partial charge is 0.355 e.